The third kappa shape index (κ3) is 6.65. The average Bonchev–Trinajstić information content (AvgIpc) is 3.05. The first kappa shape index (κ1) is 31.0. The Bertz CT molecular complexity index is 1630. The second-order valence-electron chi connectivity index (χ2n) is 11.7. The van der Waals surface area contributed by atoms with Gasteiger partial charge in [-0.3, -0.25) is 9.69 Å². The van der Waals surface area contributed by atoms with E-state index in [1.165, 1.54) is 11.2 Å². The molecule has 1 aromatic heterocycles. The van der Waals surface area contributed by atoms with Crippen LogP contribution in [0.2, 0.25) is 0 Å². The van der Waals surface area contributed by atoms with E-state index in [1.54, 1.807) is 18.2 Å². The number of carbonyl (C=O) groups excluding carboxylic acids is 1. The quantitative estimate of drug-likeness (QED) is 0.311. The summed E-state index contributed by atoms with van der Waals surface area (Å²) in [6, 6.07) is 16.2. The van der Waals surface area contributed by atoms with Crippen molar-refractivity contribution in [1.82, 2.24) is 24.8 Å². The largest absolute Gasteiger partial charge is 0.486 e. The molecule has 0 saturated carbocycles. The van der Waals surface area contributed by atoms with E-state index in [0.29, 0.717) is 29.4 Å². The Morgan fingerprint density at radius 2 is 1.96 bits per heavy atom. The third-order valence-corrected chi connectivity index (χ3v) is 8.65. The SMILES string of the molecule is CC1CN(C2COC2)CCN1c1ccc(Nc2ncnc(-c3ccc(OC4CCN(C(=O)/C(N)=C/N)CC4F)c(C#N)c3)n2)cc1. The first-order chi connectivity index (χ1) is 22.3. The molecule has 6 rings (SSSR count). The normalized spacial score (nSPS) is 22.5. The monoisotopic (exact) mass is 628 g/mol. The van der Waals surface area contributed by atoms with Crippen molar-refractivity contribution in [2.75, 3.05) is 56.2 Å². The maximum atomic E-state index is 15.0. The molecule has 4 heterocycles. The van der Waals surface area contributed by atoms with Crippen LogP contribution in [0.25, 0.3) is 11.4 Å². The molecule has 1 amide bonds. The molecule has 5 N–H and O–H groups in total. The Kier molecular flexibility index (Phi) is 9.13. The average molecular weight is 629 g/mol. The summed E-state index contributed by atoms with van der Waals surface area (Å²) in [5, 5.41) is 13.1. The number of piperidine rings is 1. The summed E-state index contributed by atoms with van der Waals surface area (Å²) in [4.78, 5) is 31.6. The topological polar surface area (TPSA) is 172 Å². The van der Waals surface area contributed by atoms with Crippen molar-refractivity contribution in [3.8, 4) is 23.2 Å². The number of likely N-dealkylation sites (tertiary alicyclic amines) is 1. The molecule has 3 fully saturated rings. The van der Waals surface area contributed by atoms with E-state index < -0.39 is 18.2 Å². The molecule has 3 saturated heterocycles. The number of ether oxygens (including phenoxy) is 2. The maximum Gasteiger partial charge on any atom is 0.271 e. The summed E-state index contributed by atoms with van der Waals surface area (Å²) >= 11 is 0. The molecular formula is C32H37FN10O3. The fourth-order valence-corrected chi connectivity index (χ4v) is 5.97. The number of rotatable bonds is 8. The molecule has 0 bridgehead atoms. The number of amides is 1. The van der Waals surface area contributed by atoms with Crippen molar-refractivity contribution in [3.63, 3.8) is 0 Å². The van der Waals surface area contributed by atoms with Crippen molar-refractivity contribution in [3.05, 3.63) is 66.3 Å². The fourth-order valence-electron chi connectivity index (χ4n) is 5.97. The van der Waals surface area contributed by atoms with Gasteiger partial charge in [0.2, 0.25) is 5.95 Å². The molecule has 3 unspecified atom stereocenters. The smallest absolute Gasteiger partial charge is 0.271 e. The van der Waals surface area contributed by atoms with Crippen molar-refractivity contribution < 1.29 is 18.7 Å². The number of nitrogens with zero attached hydrogens (tertiary/aromatic N) is 7. The van der Waals surface area contributed by atoms with Gasteiger partial charge in [0.1, 0.15) is 29.9 Å². The second kappa shape index (κ2) is 13.6. The first-order valence-electron chi connectivity index (χ1n) is 15.3. The number of benzene rings is 2. The lowest BCUT2D eigenvalue weighted by Gasteiger charge is -2.46. The van der Waals surface area contributed by atoms with Crippen molar-refractivity contribution in [2.45, 2.75) is 37.7 Å². The highest BCUT2D eigenvalue weighted by atomic mass is 19.1. The van der Waals surface area contributed by atoms with Crippen LogP contribution in [-0.4, -0.2) is 101 Å². The number of hydrogen-bond acceptors (Lipinski definition) is 12. The summed E-state index contributed by atoms with van der Waals surface area (Å²) in [6.45, 7) is 6.99. The number of piperazine rings is 1. The van der Waals surface area contributed by atoms with Gasteiger partial charge in [-0.15, -0.1) is 0 Å². The van der Waals surface area contributed by atoms with Gasteiger partial charge in [-0.05, 0) is 49.4 Å². The second-order valence-corrected chi connectivity index (χ2v) is 11.7. The number of nitriles is 1. The van der Waals surface area contributed by atoms with Gasteiger partial charge in [-0.2, -0.15) is 10.2 Å². The maximum absolute atomic E-state index is 15.0. The number of hydrogen-bond donors (Lipinski definition) is 3. The highest BCUT2D eigenvalue weighted by Gasteiger charge is 2.34. The number of nitrogens with two attached hydrogens (primary N) is 2. The molecule has 240 valence electrons. The minimum atomic E-state index is -1.47. The predicted molar refractivity (Wildman–Crippen MR) is 170 cm³/mol. The van der Waals surface area contributed by atoms with E-state index in [9.17, 15) is 14.4 Å². The van der Waals surface area contributed by atoms with Gasteiger partial charge in [-0.1, -0.05) is 0 Å². The van der Waals surface area contributed by atoms with Gasteiger partial charge in [0.25, 0.3) is 5.91 Å². The molecule has 2 aromatic carbocycles. The lowest BCUT2D eigenvalue weighted by molar-refractivity contribution is -0.131. The number of carbonyl (C=O) groups is 1. The lowest BCUT2D eigenvalue weighted by atomic mass is 10.0. The van der Waals surface area contributed by atoms with Crippen LogP contribution < -0.4 is 26.4 Å². The lowest BCUT2D eigenvalue weighted by Crippen LogP contribution is -2.59. The summed E-state index contributed by atoms with van der Waals surface area (Å²) < 4.78 is 26.2. The number of aromatic nitrogens is 3. The molecule has 0 spiro atoms. The Labute approximate surface area is 266 Å². The van der Waals surface area contributed by atoms with E-state index in [2.05, 4.69) is 55.2 Å². The Morgan fingerprint density at radius 1 is 1.15 bits per heavy atom. The Balaban J connectivity index is 1.08. The molecule has 0 aliphatic carbocycles. The van der Waals surface area contributed by atoms with Gasteiger partial charge in [0, 0.05) is 61.8 Å². The fraction of sp³-hybridized carbons (Fsp3) is 0.406. The molecule has 3 aliphatic rings. The standard InChI is InChI=1S/C32H37FN10O3/c1-20-15-41(25-17-45-18-25)10-11-43(20)24-5-3-23(4-6-24)39-32-38-19-37-30(40-32)21-2-7-28(22(12-21)13-34)46-29-8-9-42(16-26(29)33)31(44)27(36)14-35/h2-7,12,14,19-20,25-26,29H,8-11,15-18,35-36H2,1H3,(H,37,38,39,40)/b27-14-. The summed E-state index contributed by atoms with van der Waals surface area (Å²) in [5.41, 5.74) is 13.5. The molecule has 13 nitrogen and oxygen atoms in total. The zero-order valence-electron chi connectivity index (χ0n) is 25.6. The van der Waals surface area contributed by atoms with E-state index >= 15 is 0 Å². The van der Waals surface area contributed by atoms with Crippen molar-refractivity contribution in [1.29, 1.82) is 5.26 Å². The zero-order valence-corrected chi connectivity index (χ0v) is 25.6. The third-order valence-electron chi connectivity index (χ3n) is 8.65. The van der Waals surface area contributed by atoms with Crippen LogP contribution in [-0.2, 0) is 9.53 Å². The number of anilines is 3. The van der Waals surface area contributed by atoms with Crippen LogP contribution in [0.1, 0.15) is 18.9 Å². The van der Waals surface area contributed by atoms with Gasteiger partial charge in [0.15, 0.2) is 12.0 Å². The Hall–Kier alpha value is -5.00. The Morgan fingerprint density at radius 3 is 2.63 bits per heavy atom. The summed E-state index contributed by atoms with van der Waals surface area (Å²) in [7, 11) is 0. The van der Waals surface area contributed by atoms with Crippen LogP contribution in [0.5, 0.6) is 5.75 Å². The summed E-state index contributed by atoms with van der Waals surface area (Å²) in [6.07, 6.45) is 0.325. The number of nitrogens with one attached hydrogen (secondary N) is 1. The van der Waals surface area contributed by atoms with Gasteiger partial charge < -0.3 is 36.1 Å². The van der Waals surface area contributed by atoms with Crippen LogP contribution in [0.15, 0.2) is 60.7 Å². The van der Waals surface area contributed by atoms with Crippen LogP contribution in [0, 0.1) is 11.3 Å². The van der Waals surface area contributed by atoms with E-state index in [0.717, 1.165) is 50.4 Å². The molecule has 3 aromatic rings. The molecule has 14 heteroatoms. The summed E-state index contributed by atoms with van der Waals surface area (Å²) in [5.74, 6) is 0.433. The van der Waals surface area contributed by atoms with Gasteiger partial charge in [0.05, 0.1) is 31.4 Å². The van der Waals surface area contributed by atoms with Crippen LogP contribution in [0.4, 0.5) is 21.7 Å². The zero-order chi connectivity index (χ0) is 32.2. The predicted octanol–water partition coefficient (Wildman–Crippen LogP) is 2.14. The van der Waals surface area contributed by atoms with E-state index in [1.807, 2.05) is 12.1 Å². The molecule has 46 heavy (non-hydrogen) atoms. The highest BCUT2D eigenvalue weighted by Crippen LogP contribution is 2.29. The van der Waals surface area contributed by atoms with E-state index in [4.69, 9.17) is 20.9 Å². The first-order valence-corrected chi connectivity index (χ1v) is 15.3. The number of alkyl halides is 1. The van der Waals surface area contributed by atoms with Crippen LogP contribution >= 0.6 is 0 Å². The number of halogens is 1. The molecule has 3 aliphatic heterocycles. The van der Waals surface area contributed by atoms with Crippen molar-refractivity contribution >= 4 is 23.2 Å². The minimum absolute atomic E-state index is 0.140. The minimum Gasteiger partial charge on any atom is -0.486 e. The molecular weight excluding hydrogens is 591 g/mol. The van der Waals surface area contributed by atoms with Gasteiger partial charge in [-0.25, -0.2) is 14.4 Å². The van der Waals surface area contributed by atoms with E-state index in [-0.39, 0.29) is 36.5 Å². The molecule has 3 atom stereocenters. The van der Waals surface area contributed by atoms with Crippen LogP contribution in [0.3, 0.4) is 0 Å². The van der Waals surface area contributed by atoms with Gasteiger partial charge >= 0.3 is 0 Å². The molecule has 0 radical (unpaired) electrons. The highest BCUT2D eigenvalue weighted by molar-refractivity contribution is 5.92. The van der Waals surface area contributed by atoms with Crippen molar-refractivity contribution in [2.24, 2.45) is 11.5 Å².